The van der Waals surface area contributed by atoms with Crippen LogP contribution in [0.3, 0.4) is 0 Å². The number of thiazole rings is 1. The summed E-state index contributed by atoms with van der Waals surface area (Å²) in [5.41, 5.74) is 1.84. The first-order valence-corrected chi connectivity index (χ1v) is 8.18. The molecule has 0 aliphatic rings. The van der Waals surface area contributed by atoms with Gasteiger partial charge in [0.15, 0.2) is 4.96 Å². The number of rotatable bonds is 4. The number of aryl methyl sites for hydroxylation is 2. The number of anilines is 1. The number of amides is 2. The largest absolute Gasteiger partial charge is 0.332 e. The molecule has 3 aromatic heterocycles. The summed E-state index contributed by atoms with van der Waals surface area (Å²) in [5.74, 6) is -0.0200. The van der Waals surface area contributed by atoms with Crippen molar-refractivity contribution in [3.8, 4) is 0 Å². The van der Waals surface area contributed by atoms with E-state index in [0.29, 0.717) is 10.7 Å². The second-order valence-electron chi connectivity index (χ2n) is 5.53. The Kier molecular flexibility index (Phi) is 4.30. The third kappa shape index (κ3) is 3.13. The molecule has 0 saturated heterocycles. The number of carbonyl (C=O) groups excluding carboxylic acids is 2. The van der Waals surface area contributed by atoms with Gasteiger partial charge in [-0.15, -0.1) is 0 Å². The molecule has 24 heavy (non-hydrogen) atoms. The van der Waals surface area contributed by atoms with Gasteiger partial charge >= 0.3 is 0 Å². The molecule has 0 bridgehead atoms. The molecule has 3 heterocycles. The molecule has 0 saturated carbocycles. The topological polar surface area (TPSA) is 79.6 Å². The average molecular weight is 343 g/mol. The Bertz CT molecular complexity index is 897. The third-order valence-electron chi connectivity index (χ3n) is 3.59. The summed E-state index contributed by atoms with van der Waals surface area (Å²) in [4.78, 5) is 35.7. The highest BCUT2D eigenvalue weighted by molar-refractivity contribution is 7.19. The molecule has 8 heteroatoms. The minimum absolute atomic E-state index is 0.0476. The summed E-state index contributed by atoms with van der Waals surface area (Å²) in [6.07, 6.45) is 5.18. The van der Waals surface area contributed by atoms with Crippen molar-refractivity contribution in [3.05, 3.63) is 46.9 Å². The van der Waals surface area contributed by atoms with E-state index in [1.807, 2.05) is 30.5 Å². The molecule has 1 N–H and O–H groups in total. The number of hydrogen-bond donors (Lipinski definition) is 1. The Morgan fingerprint density at radius 3 is 2.75 bits per heavy atom. The van der Waals surface area contributed by atoms with Crippen LogP contribution in [0, 0.1) is 13.8 Å². The Labute approximate surface area is 143 Å². The second-order valence-corrected chi connectivity index (χ2v) is 6.50. The Morgan fingerprint density at radius 2 is 2.08 bits per heavy atom. The van der Waals surface area contributed by atoms with Crippen LogP contribution in [-0.4, -0.2) is 44.7 Å². The Hall–Kier alpha value is -2.74. The van der Waals surface area contributed by atoms with Crippen LogP contribution in [0.4, 0.5) is 5.82 Å². The normalized spacial score (nSPS) is 10.8. The van der Waals surface area contributed by atoms with E-state index in [1.54, 1.807) is 25.5 Å². The maximum Gasteiger partial charge on any atom is 0.266 e. The zero-order chi connectivity index (χ0) is 17.3. The van der Waals surface area contributed by atoms with E-state index in [-0.39, 0.29) is 18.4 Å². The van der Waals surface area contributed by atoms with Gasteiger partial charge in [-0.3, -0.25) is 14.0 Å². The van der Waals surface area contributed by atoms with Crippen molar-refractivity contribution in [1.82, 2.24) is 19.3 Å². The van der Waals surface area contributed by atoms with E-state index in [0.717, 1.165) is 16.2 Å². The van der Waals surface area contributed by atoms with Crippen LogP contribution >= 0.6 is 11.3 Å². The van der Waals surface area contributed by atoms with Gasteiger partial charge < -0.3 is 10.2 Å². The van der Waals surface area contributed by atoms with E-state index in [9.17, 15) is 9.59 Å². The van der Waals surface area contributed by atoms with Crippen LogP contribution in [0.2, 0.25) is 0 Å². The molecule has 0 radical (unpaired) electrons. The van der Waals surface area contributed by atoms with Crippen LogP contribution in [0.5, 0.6) is 0 Å². The van der Waals surface area contributed by atoms with Crippen LogP contribution in [0.25, 0.3) is 4.96 Å². The van der Waals surface area contributed by atoms with Crippen LogP contribution in [0.1, 0.15) is 20.9 Å². The molecule has 0 aromatic carbocycles. The van der Waals surface area contributed by atoms with Crippen molar-refractivity contribution >= 4 is 33.9 Å². The molecular formula is C16H17N5O2S. The molecule has 0 spiro atoms. The van der Waals surface area contributed by atoms with E-state index in [1.165, 1.54) is 16.2 Å². The summed E-state index contributed by atoms with van der Waals surface area (Å²) in [6.45, 7) is 3.74. The smallest absolute Gasteiger partial charge is 0.266 e. The molecule has 7 nitrogen and oxygen atoms in total. The molecule has 0 aliphatic heterocycles. The van der Waals surface area contributed by atoms with Gasteiger partial charge in [-0.25, -0.2) is 9.97 Å². The number of fused-ring (bicyclic) bond motifs is 1. The van der Waals surface area contributed by atoms with Gasteiger partial charge in [0.25, 0.3) is 5.91 Å². The minimum atomic E-state index is -0.291. The quantitative estimate of drug-likeness (QED) is 0.787. The van der Waals surface area contributed by atoms with Gasteiger partial charge in [0.2, 0.25) is 5.91 Å². The van der Waals surface area contributed by atoms with Crippen molar-refractivity contribution in [3.63, 3.8) is 0 Å². The minimum Gasteiger partial charge on any atom is -0.332 e. The first-order chi connectivity index (χ1) is 11.5. The van der Waals surface area contributed by atoms with E-state index < -0.39 is 0 Å². The molecule has 0 atom stereocenters. The van der Waals surface area contributed by atoms with Gasteiger partial charge in [0.05, 0.1) is 6.54 Å². The van der Waals surface area contributed by atoms with Crippen molar-refractivity contribution in [1.29, 1.82) is 0 Å². The maximum absolute atomic E-state index is 12.6. The van der Waals surface area contributed by atoms with Gasteiger partial charge in [-0.2, -0.15) is 0 Å². The molecule has 0 fully saturated rings. The zero-order valence-corrected chi connectivity index (χ0v) is 14.4. The van der Waals surface area contributed by atoms with Gasteiger partial charge in [0, 0.05) is 31.3 Å². The van der Waals surface area contributed by atoms with Crippen molar-refractivity contribution in [2.75, 3.05) is 18.9 Å². The van der Waals surface area contributed by atoms with Crippen LogP contribution < -0.4 is 5.32 Å². The van der Waals surface area contributed by atoms with Gasteiger partial charge in [-0.05, 0) is 25.5 Å². The first kappa shape index (κ1) is 16.1. The third-order valence-corrected chi connectivity index (χ3v) is 4.75. The van der Waals surface area contributed by atoms with Crippen LogP contribution in [0.15, 0.2) is 30.7 Å². The summed E-state index contributed by atoms with van der Waals surface area (Å²) in [6, 6.07) is 3.59. The van der Waals surface area contributed by atoms with Crippen molar-refractivity contribution in [2.24, 2.45) is 0 Å². The summed E-state index contributed by atoms with van der Waals surface area (Å²) in [5, 5.41) is 2.68. The fourth-order valence-electron chi connectivity index (χ4n) is 2.28. The van der Waals surface area contributed by atoms with Crippen molar-refractivity contribution in [2.45, 2.75) is 13.8 Å². The lowest BCUT2D eigenvalue weighted by Crippen LogP contribution is -2.35. The summed E-state index contributed by atoms with van der Waals surface area (Å²) < 4.78 is 1.86. The Morgan fingerprint density at radius 1 is 1.29 bits per heavy atom. The number of hydrogen-bond acceptors (Lipinski definition) is 5. The molecule has 3 aromatic rings. The number of carbonyl (C=O) groups is 2. The highest BCUT2D eigenvalue weighted by Gasteiger charge is 2.21. The maximum atomic E-state index is 12.6. The lowest BCUT2D eigenvalue weighted by Gasteiger charge is -2.16. The Balaban J connectivity index is 1.67. The number of nitrogens with zero attached hydrogens (tertiary/aromatic N) is 4. The molecule has 3 rings (SSSR count). The summed E-state index contributed by atoms with van der Waals surface area (Å²) in [7, 11) is 1.60. The van der Waals surface area contributed by atoms with Gasteiger partial charge in [0.1, 0.15) is 10.7 Å². The standard InChI is InChI=1S/C16H17N5O2S/c1-10-4-5-12(18-8-10)19-13(22)9-20(3)15(23)14-11(2)21-7-6-17-16(21)24-14/h4-8H,9H2,1-3H3,(H,18,19,22). The number of aromatic nitrogens is 3. The van der Waals surface area contributed by atoms with Crippen molar-refractivity contribution < 1.29 is 9.59 Å². The van der Waals surface area contributed by atoms with E-state index in [2.05, 4.69) is 15.3 Å². The second kappa shape index (κ2) is 6.40. The monoisotopic (exact) mass is 343 g/mol. The van der Waals surface area contributed by atoms with E-state index >= 15 is 0 Å². The number of pyridine rings is 1. The molecule has 0 unspecified atom stereocenters. The molecule has 0 aliphatic carbocycles. The fraction of sp³-hybridized carbons (Fsp3) is 0.250. The fourth-order valence-corrected chi connectivity index (χ4v) is 3.36. The van der Waals surface area contributed by atoms with Gasteiger partial charge in [-0.1, -0.05) is 17.4 Å². The SMILES string of the molecule is Cc1ccc(NC(=O)CN(C)C(=O)c2sc3nccn3c2C)nc1. The predicted octanol–water partition coefficient (Wildman–Crippen LogP) is 2.12. The van der Waals surface area contributed by atoms with Crippen LogP contribution in [-0.2, 0) is 4.79 Å². The summed E-state index contributed by atoms with van der Waals surface area (Å²) >= 11 is 1.32. The molecule has 124 valence electrons. The molecular weight excluding hydrogens is 326 g/mol. The highest BCUT2D eigenvalue weighted by atomic mass is 32.1. The molecule has 2 amide bonds. The first-order valence-electron chi connectivity index (χ1n) is 7.36. The lowest BCUT2D eigenvalue weighted by atomic mass is 10.3. The highest BCUT2D eigenvalue weighted by Crippen LogP contribution is 2.22. The zero-order valence-electron chi connectivity index (χ0n) is 13.6. The lowest BCUT2D eigenvalue weighted by molar-refractivity contribution is -0.116. The predicted molar refractivity (Wildman–Crippen MR) is 92.4 cm³/mol. The number of imidazole rings is 1. The van der Waals surface area contributed by atoms with E-state index in [4.69, 9.17) is 0 Å². The average Bonchev–Trinajstić information content (AvgIpc) is 3.12. The number of nitrogens with one attached hydrogen (secondary N) is 1. The number of likely N-dealkylation sites (N-methyl/N-ethyl adjacent to an activating group) is 1.